The van der Waals surface area contributed by atoms with Gasteiger partial charge in [0.2, 0.25) is 0 Å². The lowest BCUT2D eigenvalue weighted by molar-refractivity contribution is -0.139. The van der Waals surface area contributed by atoms with Gasteiger partial charge in [0.25, 0.3) is 0 Å². The Morgan fingerprint density at radius 1 is 1.09 bits per heavy atom. The largest absolute Gasteiger partial charge is 0.497 e. The molecule has 32 heavy (non-hydrogen) atoms. The van der Waals surface area contributed by atoms with Crippen molar-refractivity contribution in [2.75, 3.05) is 53.0 Å². The number of carbonyl (C=O) groups excluding carboxylic acids is 3. The molecule has 3 amide bonds. The Hall–Kier alpha value is -3.27. The van der Waals surface area contributed by atoms with Gasteiger partial charge in [0.1, 0.15) is 5.75 Å². The summed E-state index contributed by atoms with van der Waals surface area (Å²) < 4.78 is 15.7. The number of esters is 1. The second-order valence-corrected chi connectivity index (χ2v) is 7.38. The van der Waals surface area contributed by atoms with Crippen LogP contribution in [0.4, 0.5) is 9.59 Å². The molecule has 0 spiro atoms. The lowest BCUT2D eigenvalue weighted by Crippen LogP contribution is -2.52. The van der Waals surface area contributed by atoms with Crippen LogP contribution in [0.1, 0.15) is 25.5 Å². The number of nitrogens with one attached hydrogen (secondary N) is 2. The van der Waals surface area contributed by atoms with E-state index in [0.29, 0.717) is 61.9 Å². The van der Waals surface area contributed by atoms with Gasteiger partial charge in [-0.1, -0.05) is 12.1 Å². The summed E-state index contributed by atoms with van der Waals surface area (Å²) in [5.41, 5.74) is 1.56. The minimum absolute atomic E-state index is 0.215. The van der Waals surface area contributed by atoms with Crippen LogP contribution in [0.15, 0.2) is 35.5 Å². The molecule has 0 bridgehead atoms. The molecule has 10 heteroatoms. The van der Waals surface area contributed by atoms with E-state index in [4.69, 9.17) is 14.2 Å². The number of hydrogen-bond donors (Lipinski definition) is 2. The average Bonchev–Trinajstić information content (AvgIpc) is 2.79. The Morgan fingerprint density at radius 2 is 1.81 bits per heavy atom. The Kier molecular flexibility index (Phi) is 7.93. The fraction of sp³-hybridized carbons (Fsp3) is 0.500. The second-order valence-electron chi connectivity index (χ2n) is 7.38. The lowest BCUT2D eigenvalue weighted by atomic mass is 9.94. The van der Waals surface area contributed by atoms with Crippen LogP contribution in [-0.4, -0.2) is 80.9 Å². The van der Waals surface area contributed by atoms with Crippen LogP contribution in [-0.2, 0) is 14.3 Å². The highest BCUT2D eigenvalue weighted by Crippen LogP contribution is 2.30. The van der Waals surface area contributed by atoms with Gasteiger partial charge in [-0.05, 0) is 31.5 Å². The summed E-state index contributed by atoms with van der Waals surface area (Å²) in [6.07, 6.45) is -0.327. The first-order valence-electron chi connectivity index (χ1n) is 10.7. The standard InChI is InChI=1S/C22H30N4O6/c1-4-31-20(27)18-17(14-25-9-11-26(12-10-25)22(29)32-5-2)23-21(28)24-19(18)15-7-6-8-16(13-15)30-3/h6-8,13,19H,4-5,9-12,14H2,1-3H3,(H2,23,24,28). The van der Waals surface area contributed by atoms with Crippen molar-refractivity contribution in [3.63, 3.8) is 0 Å². The van der Waals surface area contributed by atoms with Crippen molar-refractivity contribution in [2.45, 2.75) is 19.9 Å². The second kappa shape index (κ2) is 10.9. The molecule has 2 heterocycles. The first-order valence-corrected chi connectivity index (χ1v) is 10.7. The van der Waals surface area contributed by atoms with Gasteiger partial charge in [-0.2, -0.15) is 0 Å². The number of ether oxygens (including phenoxy) is 3. The van der Waals surface area contributed by atoms with Crippen molar-refractivity contribution in [3.8, 4) is 5.75 Å². The normalized spacial score (nSPS) is 19.2. The van der Waals surface area contributed by atoms with Crippen molar-refractivity contribution in [3.05, 3.63) is 41.1 Å². The topological polar surface area (TPSA) is 109 Å². The van der Waals surface area contributed by atoms with Crippen molar-refractivity contribution >= 4 is 18.1 Å². The summed E-state index contributed by atoms with van der Waals surface area (Å²) in [6.45, 7) is 6.60. The summed E-state index contributed by atoms with van der Waals surface area (Å²) >= 11 is 0. The van der Waals surface area contributed by atoms with Gasteiger partial charge in [-0.25, -0.2) is 14.4 Å². The number of carbonyl (C=O) groups is 3. The highest BCUT2D eigenvalue weighted by atomic mass is 16.6. The third-order valence-corrected chi connectivity index (χ3v) is 5.36. The van der Waals surface area contributed by atoms with Crippen molar-refractivity contribution in [1.29, 1.82) is 0 Å². The molecule has 1 atom stereocenters. The zero-order valence-electron chi connectivity index (χ0n) is 18.7. The monoisotopic (exact) mass is 446 g/mol. The van der Waals surface area contributed by atoms with E-state index in [0.717, 1.165) is 0 Å². The number of methoxy groups -OCH3 is 1. The third kappa shape index (κ3) is 5.50. The summed E-state index contributed by atoms with van der Waals surface area (Å²) in [4.78, 5) is 41.1. The van der Waals surface area contributed by atoms with E-state index >= 15 is 0 Å². The molecule has 1 aromatic carbocycles. The number of nitrogens with zero attached hydrogens (tertiary/aromatic N) is 2. The number of benzene rings is 1. The zero-order chi connectivity index (χ0) is 23.1. The molecule has 0 saturated carbocycles. The molecule has 2 aliphatic rings. The molecule has 10 nitrogen and oxygen atoms in total. The molecule has 1 saturated heterocycles. The van der Waals surface area contributed by atoms with Gasteiger partial charge < -0.3 is 29.7 Å². The molecule has 1 fully saturated rings. The van der Waals surface area contributed by atoms with Gasteiger partial charge in [0.05, 0.1) is 31.9 Å². The quantitative estimate of drug-likeness (QED) is 0.613. The maximum absolute atomic E-state index is 12.9. The summed E-state index contributed by atoms with van der Waals surface area (Å²) in [6, 6.07) is 6.14. The van der Waals surface area contributed by atoms with Gasteiger partial charge in [-0.15, -0.1) is 0 Å². The molecule has 2 N–H and O–H groups in total. The fourth-order valence-electron chi connectivity index (χ4n) is 3.79. The number of amides is 3. The Labute approximate surface area is 187 Å². The molecular weight excluding hydrogens is 416 g/mol. The van der Waals surface area contributed by atoms with E-state index in [1.807, 2.05) is 6.07 Å². The van der Waals surface area contributed by atoms with E-state index in [1.165, 1.54) is 0 Å². The fourth-order valence-corrected chi connectivity index (χ4v) is 3.79. The maximum Gasteiger partial charge on any atom is 0.409 e. The van der Waals surface area contributed by atoms with Crippen LogP contribution in [0.2, 0.25) is 0 Å². The Balaban J connectivity index is 1.85. The minimum Gasteiger partial charge on any atom is -0.497 e. The predicted octanol–water partition coefficient (Wildman–Crippen LogP) is 1.64. The summed E-state index contributed by atoms with van der Waals surface area (Å²) in [7, 11) is 1.56. The Bertz CT molecular complexity index is 879. The number of hydrogen-bond acceptors (Lipinski definition) is 7. The van der Waals surface area contributed by atoms with Crippen molar-refractivity contribution in [2.24, 2.45) is 0 Å². The van der Waals surface area contributed by atoms with Crippen LogP contribution in [0.25, 0.3) is 0 Å². The highest BCUT2D eigenvalue weighted by molar-refractivity contribution is 5.95. The van der Waals surface area contributed by atoms with E-state index in [9.17, 15) is 14.4 Å². The van der Waals surface area contributed by atoms with Gasteiger partial charge in [0, 0.05) is 38.4 Å². The SMILES string of the molecule is CCOC(=O)C1=C(CN2CCN(C(=O)OCC)CC2)NC(=O)NC1c1cccc(OC)c1. The van der Waals surface area contributed by atoms with Crippen molar-refractivity contribution in [1.82, 2.24) is 20.4 Å². The lowest BCUT2D eigenvalue weighted by Gasteiger charge is -2.36. The molecule has 174 valence electrons. The van der Waals surface area contributed by atoms with Crippen LogP contribution >= 0.6 is 0 Å². The summed E-state index contributed by atoms with van der Waals surface area (Å²) in [5, 5.41) is 5.61. The Morgan fingerprint density at radius 3 is 2.47 bits per heavy atom. The zero-order valence-corrected chi connectivity index (χ0v) is 18.7. The molecule has 0 aromatic heterocycles. The number of rotatable bonds is 7. The van der Waals surface area contributed by atoms with Crippen LogP contribution in [0, 0.1) is 0 Å². The molecule has 2 aliphatic heterocycles. The molecule has 0 radical (unpaired) electrons. The van der Waals surface area contributed by atoms with Gasteiger partial charge >= 0.3 is 18.1 Å². The van der Waals surface area contributed by atoms with Gasteiger partial charge in [-0.3, -0.25) is 4.90 Å². The molecule has 1 aromatic rings. The number of piperazine rings is 1. The molecule has 3 rings (SSSR count). The van der Waals surface area contributed by atoms with E-state index in [-0.39, 0.29) is 12.7 Å². The van der Waals surface area contributed by atoms with Crippen LogP contribution in [0.5, 0.6) is 5.75 Å². The first-order chi connectivity index (χ1) is 15.5. The summed E-state index contributed by atoms with van der Waals surface area (Å²) in [5.74, 6) is 0.128. The molecule has 1 unspecified atom stereocenters. The van der Waals surface area contributed by atoms with Crippen molar-refractivity contribution < 1.29 is 28.6 Å². The smallest absolute Gasteiger partial charge is 0.409 e. The average molecular weight is 447 g/mol. The minimum atomic E-state index is -0.672. The van der Waals surface area contributed by atoms with Gasteiger partial charge in [0.15, 0.2) is 0 Å². The predicted molar refractivity (Wildman–Crippen MR) is 116 cm³/mol. The number of urea groups is 1. The van der Waals surface area contributed by atoms with E-state index in [1.54, 1.807) is 44.1 Å². The highest BCUT2D eigenvalue weighted by Gasteiger charge is 2.35. The maximum atomic E-state index is 12.9. The third-order valence-electron chi connectivity index (χ3n) is 5.36. The molecule has 0 aliphatic carbocycles. The van der Waals surface area contributed by atoms with Crippen LogP contribution < -0.4 is 15.4 Å². The van der Waals surface area contributed by atoms with E-state index < -0.39 is 18.0 Å². The molecular formula is C22H30N4O6. The van der Waals surface area contributed by atoms with E-state index in [2.05, 4.69) is 15.5 Å². The van der Waals surface area contributed by atoms with Crippen LogP contribution in [0.3, 0.4) is 0 Å². The first kappa shape index (κ1) is 23.4.